The molecule has 20 heavy (non-hydrogen) atoms. The van der Waals surface area contributed by atoms with Crippen LogP contribution in [0.15, 0.2) is 42.5 Å². The highest BCUT2D eigenvalue weighted by Crippen LogP contribution is 2.28. The quantitative estimate of drug-likeness (QED) is 0.911. The summed E-state index contributed by atoms with van der Waals surface area (Å²) in [5.74, 6) is 1.36. The number of hydrogen-bond acceptors (Lipinski definition) is 3. The summed E-state index contributed by atoms with van der Waals surface area (Å²) >= 11 is 0. The predicted octanol–water partition coefficient (Wildman–Crippen LogP) is 2.48. The number of fused-ring (bicyclic) bond motifs is 1. The second kappa shape index (κ2) is 5.25. The minimum absolute atomic E-state index is 0.0899. The fraction of sp³-hybridized carbons (Fsp3) is 0.188. The molecule has 1 N–H and O–H groups in total. The number of nitrogens with one attached hydrogen (secondary N) is 1. The van der Waals surface area contributed by atoms with Crippen molar-refractivity contribution < 1.29 is 14.3 Å². The zero-order valence-corrected chi connectivity index (χ0v) is 11.2. The molecule has 1 aliphatic heterocycles. The van der Waals surface area contributed by atoms with Gasteiger partial charge in [0, 0.05) is 0 Å². The summed E-state index contributed by atoms with van der Waals surface area (Å²) in [7, 11) is 1.64. The Labute approximate surface area is 117 Å². The van der Waals surface area contributed by atoms with Gasteiger partial charge in [0.25, 0.3) is 5.91 Å². The molecule has 0 atom stereocenters. The Hall–Kier alpha value is -2.49. The van der Waals surface area contributed by atoms with E-state index in [0.717, 1.165) is 16.9 Å². The van der Waals surface area contributed by atoms with Crippen LogP contribution in [0.4, 0.5) is 0 Å². The monoisotopic (exact) mass is 269 g/mol. The first-order valence-corrected chi connectivity index (χ1v) is 6.47. The number of methoxy groups -OCH3 is 1. The van der Waals surface area contributed by atoms with Crippen molar-refractivity contribution >= 4 is 5.91 Å². The lowest BCUT2D eigenvalue weighted by Crippen LogP contribution is -2.24. The third-order valence-electron chi connectivity index (χ3n) is 3.29. The van der Waals surface area contributed by atoms with Crippen molar-refractivity contribution in [1.29, 1.82) is 0 Å². The van der Waals surface area contributed by atoms with Crippen molar-refractivity contribution in [2.75, 3.05) is 20.3 Å². The van der Waals surface area contributed by atoms with Crippen LogP contribution < -0.4 is 14.8 Å². The Balaban J connectivity index is 2.00. The van der Waals surface area contributed by atoms with Crippen LogP contribution in [0.3, 0.4) is 0 Å². The zero-order chi connectivity index (χ0) is 13.9. The molecule has 0 bridgehead atoms. The predicted molar refractivity (Wildman–Crippen MR) is 76.3 cm³/mol. The molecule has 2 aromatic rings. The van der Waals surface area contributed by atoms with E-state index in [0.29, 0.717) is 24.5 Å². The maximum Gasteiger partial charge on any atom is 0.255 e. The van der Waals surface area contributed by atoms with Gasteiger partial charge in [0.2, 0.25) is 0 Å². The number of benzene rings is 2. The third-order valence-corrected chi connectivity index (χ3v) is 3.29. The molecule has 2 aromatic carbocycles. The van der Waals surface area contributed by atoms with Gasteiger partial charge in [-0.2, -0.15) is 0 Å². The van der Waals surface area contributed by atoms with Crippen LogP contribution in [0.25, 0.3) is 11.1 Å². The van der Waals surface area contributed by atoms with Gasteiger partial charge in [-0.15, -0.1) is 0 Å². The van der Waals surface area contributed by atoms with Crippen molar-refractivity contribution in [2.24, 2.45) is 0 Å². The molecule has 0 fully saturated rings. The SMILES string of the molecule is COc1ccc(-c2ccc3c(c2)C(=O)NCCO3)cc1. The largest absolute Gasteiger partial charge is 0.497 e. The average Bonchev–Trinajstić information content (AvgIpc) is 2.69. The van der Waals surface area contributed by atoms with Crippen molar-refractivity contribution in [3.8, 4) is 22.6 Å². The van der Waals surface area contributed by atoms with E-state index in [9.17, 15) is 4.79 Å². The summed E-state index contributed by atoms with van der Waals surface area (Å²) in [5, 5.41) is 2.81. The molecular weight excluding hydrogens is 254 g/mol. The lowest BCUT2D eigenvalue weighted by Gasteiger charge is -2.09. The maximum absolute atomic E-state index is 12.0. The summed E-state index contributed by atoms with van der Waals surface area (Å²) in [6, 6.07) is 13.4. The number of rotatable bonds is 2. The molecule has 0 unspecified atom stereocenters. The van der Waals surface area contributed by atoms with Crippen molar-refractivity contribution in [3.63, 3.8) is 0 Å². The zero-order valence-electron chi connectivity index (χ0n) is 11.2. The molecule has 0 radical (unpaired) electrons. The molecule has 3 rings (SSSR count). The van der Waals surface area contributed by atoms with Gasteiger partial charge in [0.15, 0.2) is 0 Å². The number of carbonyl (C=O) groups is 1. The van der Waals surface area contributed by atoms with Crippen molar-refractivity contribution in [2.45, 2.75) is 0 Å². The third kappa shape index (κ3) is 2.32. The minimum atomic E-state index is -0.0899. The van der Waals surface area contributed by atoms with E-state index >= 15 is 0 Å². The Morgan fingerprint density at radius 1 is 1.10 bits per heavy atom. The molecule has 1 aliphatic rings. The highest BCUT2D eigenvalue weighted by atomic mass is 16.5. The first-order chi connectivity index (χ1) is 9.78. The van der Waals surface area contributed by atoms with Gasteiger partial charge in [-0.1, -0.05) is 18.2 Å². The van der Waals surface area contributed by atoms with Gasteiger partial charge in [-0.05, 0) is 35.4 Å². The standard InChI is InChI=1S/C16H15NO3/c1-19-13-5-2-11(3-6-13)12-4-7-15-14(10-12)16(18)17-8-9-20-15/h2-7,10H,8-9H2,1H3,(H,17,18). The number of hydrogen-bond donors (Lipinski definition) is 1. The molecule has 0 aliphatic carbocycles. The topological polar surface area (TPSA) is 47.6 Å². The maximum atomic E-state index is 12.0. The van der Waals surface area contributed by atoms with Crippen LogP contribution in [-0.2, 0) is 0 Å². The summed E-state index contributed by atoms with van der Waals surface area (Å²) in [6.45, 7) is 1.03. The summed E-state index contributed by atoms with van der Waals surface area (Å²) in [4.78, 5) is 12.0. The number of amides is 1. The van der Waals surface area contributed by atoms with E-state index in [1.165, 1.54) is 0 Å². The van der Waals surface area contributed by atoms with Gasteiger partial charge in [0.1, 0.15) is 18.1 Å². The molecule has 4 nitrogen and oxygen atoms in total. The van der Waals surface area contributed by atoms with E-state index < -0.39 is 0 Å². The molecule has 0 aromatic heterocycles. The lowest BCUT2D eigenvalue weighted by atomic mass is 10.0. The Kier molecular flexibility index (Phi) is 3.29. The van der Waals surface area contributed by atoms with Gasteiger partial charge in [-0.3, -0.25) is 4.79 Å². The fourth-order valence-corrected chi connectivity index (χ4v) is 2.22. The first-order valence-electron chi connectivity index (χ1n) is 6.47. The van der Waals surface area contributed by atoms with Crippen LogP contribution in [0, 0.1) is 0 Å². The fourth-order valence-electron chi connectivity index (χ4n) is 2.22. The van der Waals surface area contributed by atoms with E-state index in [-0.39, 0.29) is 5.91 Å². The number of carbonyl (C=O) groups excluding carboxylic acids is 1. The molecule has 0 spiro atoms. The molecular formula is C16H15NO3. The van der Waals surface area contributed by atoms with Crippen molar-refractivity contribution in [3.05, 3.63) is 48.0 Å². The van der Waals surface area contributed by atoms with Crippen LogP contribution in [0.2, 0.25) is 0 Å². The highest BCUT2D eigenvalue weighted by Gasteiger charge is 2.16. The van der Waals surface area contributed by atoms with E-state index in [1.807, 2.05) is 42.5 Å². The Bertz CT molecular complexity index is 635. The smallest absolute Gasteiger partial charge is 0.255 e. The van der Waals surface area contributed by atoms with Crippen LogP contribution in [0.1, 0.15) is 10.4 Å². The van der Waals surface area contributed by atoms with Gasteiger partial charge < -0.3 is 14.8 Å². The van der Waals surface area contributed by atoms with Crippen LogP contribution in [-0.4, -0.2) is 26.2 Å². The summed E-state index contributed by atoms with van der Waals surface area (Å²) in [5.41, 5.74) is 2.59. The van der Waals surface area contributed by atoms with Gasteiger partial charge in [0.05, 0.1) is 19.2 Å². The molecule has 4 heteroatoms. The molecule has 102 valence electrons. The molecule has 1 heterocycles. The van der Waals surface area contributed by atoms with Crippen LogP contribution in [0.5, 0.6) is 11.5 Å². The highest BCUT2D eigenvalue weighted by molar-refractivity contribution is 5.98. The van der Waals surface area contributed by atoms with E-state index in [1.54, 1.807) is 7.11 Å². The Morgan fingerprint density at radius 3 is 2.60 bits per heavy atom. The molecule has 0 saturated carbocycles. The second-order valence-corrected chi connectivity index (χ2v) is 4.54. The molecule has 0 saturated heterocycles. The van der Waals surface area contributed by atoms with Gasteiger partial charge in [-0.25, -0.2) is 0 Å². The molecule has 1 amide bonds. The van der Waals surface area contributed by atoms with E-state index in [2.05, 4.69) is 5.32 Å². The first kappa shape index (κ1) is 12.5. The minimum Gasteiger partial charge on any atom is -0.497 e. The second-order valence-electron chi connectivity index (χ2n) is 4.54. The van der Waals surface area contributed by atoms with Gasteiger partial charge >= 0.3 is 0 Å². The lowest BCUT2D eigenvalue weighted by molar-refractivity contribution is 0.0957. The van der Waals surface area contributed by atoms with Crippen molar-refractivity contribution in [1.82, 2.24) is 5.32 Å². The normalized spacial score (nSPS) is 13.8. The number of ether oxygens (including phenoxy) is 2. The average molecular weight is 269 g/mol. The summed E-state index contributed by atoms with van der Waals surface area (Å²) in [6.07, 6.45) is 0. The Morgan fingerprint density at radius 2 is 1.85 bits per heavy atom. The summed E-state index contributed by atoms with van der Waals surface area (Å²) < 4.78 is 10.7. The van der Waals surface area contributed by atoms with E-state index in [4.69, 9.17) is 9.47 Å². The van der Waals surface area contributed by atoms with Crippen LogP contribution >= 0.6 is 0 Å².